The molecule has 1 N–H and O–H groups in total. The Kier molecular flexibility index (Phi) is 7.25. The second-order valence-corrected chi connectivity index (χ2v) is 7.05. The minimum absolute atomic E-state index is 0. The molecule has 0 aromatic carbocycles. The third-order valence-corrected chi connectivity index (χ3v) is 5.31. The number of rotatable bonds is 3. The molecule has 0 aliphatic carbocycles. The van der Waals surface area contributed by atoms with Gasteiger partial charge in [0, 0.05) is 43.3 Å². The van der Waals surface area contributed by atoms with Gasteiger partial charge in [-0.25, -0.2) is 4.98 Å². The van der Waals surface area contributed by atoms with Gasteiger partial charge in [-0.15, -0.1) is 24.8 Å². The zero-order valence-corrected chi connectivity index (χ0v) is 18.3. The predicted octanol–water partition coefficient (Wildman–Crippen LogP) is 2.83. The highest BCUT2D eigenvalue weighted by molar-refractivity contribution is 5.85. The molecular weight excluding hydrogens is 427 g/mol. The third-order valence-electron chi connectivity index (χ3n) is 5.31. The molecule has 0 radical (unpaired) electrons. The highest BCUT2D eigenvalue weighted by Crippen LogP contribution is 2.33. The molecule has 0 saturated carbocycles. The Balaban J connectivity index is 0.00000128. The first kappa shape index (κ1) is 22.4. The molecule has 1 fully saturated rings. The average Bonchev–Trinajstić information content (AvgIpc) is 3.24. The topological polar surface area (TPSA) is 89.2 Å². The van der Waals surface area contributed by atoms with E-state index in [0.717, 1.165) is 55.2 Å². The smallest absolute Gasteiger partial charge is 0.262 e. The zero-order chi connectivity index (χ0) is 18.9. The van der Waals surface area contributed by atoms with Crippen molar-refractivity contribution >= 4 is 30.6 Å². The molecule has 160 valence electrons. The number of hydrogen-bond acceptors (Lipinski definition) is 8. The van der Waals surface area contributed by atoms with Gasteiger partial charge in [0.1, 0.15) is 5.82 Å². The van der Waals surface area contributed by atoms with Crippen molar-refractivity contribution in [2.24, 2.45) is 0 Å². The van der Waals surface area contributed by atoms with Crippen molar-refractivity contribution in [3.05, 3.63) is 41.3 Å². The van der Waals surface area contributed by atoms with Crippen molar-refractivity contribution < 1.29 is 9.26 Å². The molecule has 30 heavy (non-hydrogen) atoms. The van der Waals surface area contributed by atoms with Crippen LogP contribution >= 0.6 is 24.8 Å². The van der Waals surface area contributed by atoms with E-state index in [2.05, 4.69) is 25.3 Å². The predicted molar refractivity (Wildman–Crippen MR) is 118 cm³/mol. The number of aryl methyl sites for hydroxylation is 1. The molecule has 2 aliphatic heterocycles. The highest BCUT2D eigenvalue weighted by Gasteiger charge is 2.24. The summed E-state index contributed by atoms with van der Waals surface area (Å²) in [7, 11) is 0. The van der Waals surface area contributed by atoms with Gasteiger partial charge >= 0.3 is 0 Å². The van der Waals surface area contributed by atoms with Crippen LogP contribution in [0.1, 0.15) is 16.8 Å². The highest BCUT2D eigenvalue weighted by atomic mass is 35.5. The average molecular weight is 451 g/mol. The molecule has 0 atom stereocenters. The van der Waals surface area contributed by atoms with Crippen LogP contribution in [0.25, 0.3) is 22.8 Å². The Labute approximate surface area is 187 Å². The van der Waals surface area contributed by atoms with Crippen molar-refractivity contribution in [1.29, 1.82) is 0 Å². The minimum atomic E-state index is 0. The van der Waals surface area contributed by atoms with E-state index in [9.17, 15) is 0 Å². The van der Waals surface area contributed by atoms with Crippen LogP contribution in [0.5, 0.6) is 0 Å². The summed E-state index contributed by atoms with van der Waals surface area (Å²) >= 11 is 0. The fraction of sp³-hybridized carbons (Fsp3) is 0.400. The quantitative estimate of drug-likeness (QED) is 0.651. The van der Waals surface area contributed by atoms with Gasteiger partial charge in [-0.1, -0.05) is 5.16 Å². The lowest BCUT2D eigenvalue weighted by Gasteiger charge is -2.28. The first-order chi connectivity index (χ1) is 13.8. The SMILES string of the molecule is Cc1ncc2c(c1-c1noc(-c3cccnc3N3CCOCC3)n1)CCNC2.Cl.Cl. The van der Waals surface area contributed by atoms with E-state index in [1.807, 2.05) is 25.3 Å². The number of aromatic nitrogens is 4. The van der Waals surface area contributed by atoms with E-state index < -0.39 is 0 Å². The van der Waals surface area contributed by atoms with E-state index in [1.54, 1.807) is 6.20 Å². The van der Waals surface area contributed by atoms with Crippen LogP contribution < -0.4 is 10.2 Å². The summed E-state index contributed by atoms with van der Waals surface area (Å²) in [5, 5.41) is 7.69. The van der Waals surface area contributed by atoms with Gasteiger partial charge in [0.25, 0.3) is 5.89 Å². The molecule has 1 saturated heterocycles. The van der Waals surface area contributed by atoms with Crippen molar-refractivity contribution in [3.8, 4) is 22.8 Å². The van der Waals surface area contributed by atoms with E-state index in [1.165, 1.54) is 11.1 Å². The van der Waals surface area contributed by atoms with Crippen LogP contribution in [0.4, 0.5) is 5.82 Å². The van der Waals surface area contributed by atoms with Crippen LogP contribution in [0, 0.1) is 6.92 Å². The third kappa shape index (κ3) is 4.13. The lowest BCUT2D eigenvalue weighted by atomic mass is 9.95. The number of ether oxygens (including phenoxy) is 1. The lowest BCUT2D eigenvalue weighted by molar-refractivity contribution is 0.122. The summed E-state index contributed by atoms with van der Waals surface area (Å²) in [5.74, 6) is 1.93. The van der Waals surface area contributed by atoms with Gasteiger partial charge in [0.05, 0.1) is 18.8 Å². The summed E-state index contributed by atoms with van der Waals surface area (Å²) in [4.78, 5) is 16.1. The number of nitrogens with one attached hydrogen (secondary N) is 1. The maximum absolute atomic E-state index is 5.68. The Morgan fingerprint density at radius 3 is 2.80 bits per heavy atom. The Hall–Kier alpha value is -2.26. The number of pyridine rings is 2. The lowest BCUT2D eigenvalue weighted by Crippen LogP contribution is -2.37. The van der Waals surface area contributed by atoms with Crippen molar-refractivity contribution in [1.82, 2.24) is 25.4 Å². The number of anilines is 1. The molecule has 10 heteroatoms. The summed E-state index contributed by atoms with van der Waals surface area (Å²) in [6.45, 7) is 6.75. The Morgan fingerprint density at radius 2 is 1.97 bits per heavy atom. The molecule has 0 unspecified atom stereocenters. The fourth-order valence-corrected chi connectivity index (χ4v) is 3.89. The molecule has 0 spiro atoms. The van der Waals surface area contributed by atoms with Crippen LogP contribution in [0.15, 0.2) is 29.0 Å². The number of fused-ring (bicyclic) bond motifs is 1. The van der Waals surface area contributed by atoms with Gasteiger partial charge < -0.3 is 19.5 Å². The molecule has 0 amide bonds. The fourth-order valence-electron chi connectivity index (χ4n) is 3.89. The number of morpholine rings is 1. The van der Waals surface area contributed by atoms with Gasteiger partial charge in [0.15, 0.2) is 0 Å². The standard InChI is InChI=1S/C20H22N6O2.2ClH/c1-13-17(15-4-6-21-11-14(15)12-23-13)18-24-20(28-25-18)16-3-2-5-22-19(16)26-7-9-27-10-8-26;;/h2-3,5,12,21H,4,6-11H2,1H3;2*1H. The van der Waals surface area contributed by atoms with E-state index in [-0.39, 0.29) is 24.8 Å². The van der Waals surface area contributed by atoms with Gasteiger partial charge in [0.2, 0.25) is 5.82 Å². The first-order valence-corrected chi connectivity index (χ1v) is 9.61. The Morgan fingerprint density at radius 1 is 1.13 bits per heavy atom. The minimum Gasteiger partial charge on any atom is -0.378 e. The normalized spacial score (nSPS) is 15.7. The van der Waals surface area contributed by atoms with E-state index in [4.69, 9.17) is 14.2 Å². The molecular formula is C20H24Cl2N6O2. The maximum atomic E-state index is 5.68. The second kappa shape index (κ2) is 9.70. The molecule has 3 aromatic heterocycles. The van der Waals surface area contributed by atoms with Crippen molar-refractivity contribution in [2.45, 2.75) is 19.9 Å². The molecule has 5 rings (SSSR count). The molecule has 2 aliphatic rings. The summed E-state index contributed by atoms with van der Waals surface area (Å²) in [5.41, 5.74) is 5.23. The van der Waals surface area contributed by atoms with Gasteiger partial charge in [-0.2, -0.15) is 4.98 Å². The summed E-state index contributed by atoms with van der Waals surface area (Å²) < 4.78 is 11.1. The number of hydrogen-bond donors (Lipinski definition) is 1. The first-order valence-electron chi connectivity index (χ1n) is 9.61. The summed E-state index contributed by atoms with van der Waals surface area (Å²) in [6, 6.07) is 3.87. The van der Waals surface area contributed by atoms with Gasteiger partial charge in [-0.05, 0) is 43.1 Å². The maximum Gasteiger partial charge on any atom is 0.262 e. The monoisotopic (exact) mass is 450 g/mol. The van der Waals surface area contributed by atoms with Gasteiger partial charge in [-0.3, -0.25) is 4.98 Å². The number of halogens is 2. The number of nitrogens with zero attached hydrogens (tertiary/aromatic N) is 5. The largest absolute Gasteiger partial charge is 0.378 e. The van der Waals surface area contributed by atoms with Crippen LogP contribution in [0.2, 0.25) is 0 Å². The van der Waals surface area contributed by atoms with Crippen LogP contribution in [-0.4, -0.2) is 53.0 Å². The van der Waals surface area contributed by atoms with Crippen LogP contribution in [0.3, 0.4) is 0 Å². The van der Waals surface area contributed by atoms with E-state index in [0.29, 0.717) is 24.9 Å². The molecule has 5 heterocycles. The second-order valence-electron chi connectivity index (χ2n) is 7.05. The van der Waals surface area contributed by atoms with E-state index >= 15 is 0 Å². The zero-order valence-electron chi connectivity index (χ0n) is 16.6. The summed E-state index contributed by atoms with van der Waals surface area (Å²) in [6.07, 6.45) is 4.67. The Bertz CT molecular complexity index is 1010. The molecule has 8 nitrogen and oxygen atoms in total. The van der Waals surface area contributed by atoms with Crippen molar-refractivity contribution in [2.75, 3.05) is 37.7 Å². The molecule has 0 bridgehead atoms. The van der Waals surface area contributed by atoms with Crippen molar-refractivity contribution in [3.63, 3.8) is 0 Å². The van der Waals surface area contributed by atoms with Crippen LogP contribution in [-0.2, 0) is 17.7 Å². The molecule has 3 aromatic rings.